The normalized spacial score (nSPS) is 17.8. The molecule has 0 spiro atoms. The summed E-state index contributed by atoms with van der Waals surface area (Å²) < 4.78 is 16.8. The minimum atomic E-state index is -0.334. The predicted molar refractivity (Wildman–Crippen MR) is 130 cm³/mol. The average molecular weight is 447 g/mol. The van der Waals surface area contributed by atoms with E-state index in [0.717, 1.165) is 33.9 Å². The zero-order valence-corrected chi connectivity index (χ0v) is 19.2. The minimum Gasteiger partial charge on any atom is -0.504 e. The molecule has 2 N–H and O–H groups in total. The molecule has 3 aromatic rings. The largest absolute Gasteiger partial charge is 0.504 e. The molecular formula is C27H30N2O4. The van der Waals surface area contributed by atoms with Crippen LogP contribution in [0.3, 0.4) is 0 Å². The van der Waals surface area contributed by atoms with Gasteiger partial charge in [0, 0.05) is 29.3 Å². The number of para-hydroxylation sites is 2. The second-order valence-corrected chi connectivity index (χ2v) is 7.73. The fourth-order valence-electron chi connectivity index (χ4n) is 4.11. The molecule has 0 radical (unpaired) electrons. The topological polar surface area (TPSA) is 72.3 Å². The van der Waals surface area contributed by atoms with Crippen molar-refractivity contribution < 1.29 is 19.3 Å². The van der Waals surface area contributed by atoms with Crippen molar-refractivity contribution in [2.45, 2.75) is 32.5 Å². The zero-order chi connectivity index (χ0) is 23.2. The fraction of sp³-hybridized carbons (Fsp3) is 0.296. The summed E-state index contributed by atoms with van der Waals surface area (Å²) >= 11 is 0. The number of nitrogens with zero attached hydrogens (tertiary/aromatic N) is 1. The van der Waals surface area contributed by atoms with E-state index in [1.54, 1.807) is 13.2 Å². The second-order valence-electron chi connectivity index (χ2n) is 7.73. The number of aliphatic imine (C=N–C) groups is 1. The fourth-order valence-corrected chi connectivity index (χ4v) is 4.11. The highest BCUT2D eigenvalue weighted by molar-refractivity contribution is 6.01. The van der Waals surface area contributed by atoms with Gasteiger partial charge in [0.15, 0.2) is 11.5 Å². The van der Waals surface area contributed by atoms with Gasteiger partial charge in [-0.3, -0.25) is 10.3 Å². The van der Waals surface area contributed by atoms with Gasteiger partial charge in [-0.15, -0.1) is 0 Å². The van der Waals surface area contributed by atoms with E-state index in [4.69, 9.17) is 19.2 Å². The number of methoxy groups -OCH3 is 1. The molecule has 0 bridgehead atoms. The maximum atomic E-state index is 10.9. The molecular weight excluding hydrogens is 416 g/mol. The molecule has 172 valence electrons. The van der Waals surface area contributed by atoms with Gasteiger partial charge in [-0.25, -0.2) is 0 Å². The monoisotopic (exact) mass is 446 g/mol. The van der Waals surface area contributed by atoms with Gasteiger partial charge in [-0.1, -0.05) is 30.3 Å². The number of benzene rings is 3. The molecule has 6 heteroatoms. The van der Waals surface area contributed by atoms with Crippen LogP contribution in [0.5, 0.6) is 23.0 Å². The maximum absolute atomic E-state index is 10.9. The van der Waals surface area contributed by atoms with Crippen LogP contribution >= 0.6 is 0 Å². The van der Waals surface area contributed by atoms with E-state index in [0.29, 0.717) is 25.4 Å². The van der Waals surface area contributed by atoms with Crippen LogP contribution in [-0.2, 0) is 0 Å². The molecule has 0 saturated carbocycles. The minimum absolute atomic E-state index is 0.157. The summed E-state index contributed by atoms with van der Waals surface area (Å²) in [6, 6.07) is 21.3. The van der Waals surface area contributed by atoms with Gasteiger partial charge in [0.05, 0.1) is 20.3 Å². The number of rotatable bonds is 8. The number of ether oxygens (including phenoxy) is 3. The van der Waals surface area contributed by atoms with Crippen molar-refractivity contribution in [3.05, 3.63) is 83.4 Å². The Balaban J connectivity index is 1.77. The number of hydrogen-bond acceptors (Lipinski definition) is 6. The first-order valence-corrected chi connectivity index (χ1v) is 11.3. The van der Waals surface area contributed by atoms with E-state index in [-0.39, 0.29) is 18.0 Å². The van der Waals surface area contributed by atoms with Gasteiger partial charge in [0.25, 0.3) is 0 Å². The lowest BCUT2D eigenvalue weighted by Crippen LogP contribution is -2.33. The van der Waals surface area contributed by atoms with Crippen LogP contribution in [0.25, 0.3) is 0 Å². The van der Waals surface area contributed by atoms with Crippen molar-refractivity contribution in [1.29, 1.82) is 0 Å². The Hall–Kier alpha value is -3.51. The number of hydrogen-bond donors (Lipinski definition) is 2. The molecule has 1 aliphatic rings. The number of phenols is 1. The third-order valence-corrected chi connectivity index (χ3v) is 5.68. The molecule has 6 nitrogen and oxygen atoms in total. The van der Waals surface area contributed by atoms with Gasteiger partial charge in [0.1, 0.15) is 17.7 Å². The maximum Gasteiger partial charge on any atom is 0.162 e. The first kappa shape index (κ1) is 22.7. The Morgan fingerprint density at radius 3 is 2.27 bits per heavy atom. The van der Waals surface area contributed by atoms with Crippen LogP contribution in [0, 0.1) is 0 Å². The summed E-state index contributed by atoms with van der Waals surface area (Å²) in [6.45, 7) is 4.93. The van der Waals surface area contributed by atoms with Gasteiger partial charge in [-0.05, 0) is 55.8 Å². The molecule has 33 heavy (non-hydrogen) atoms. The quantitative estimate of drug-likeness (QED) is 0.483. The lowest BCUT2D eigenvalue weighted by molar-refractivity contribution is 0.311. The first-order valence-electron chi connectivity index (χ1n) is 11.3. The van der Waals surface area contributed by atoms with E-state index in [1.807, 2.05) is 74.5 Å². The Labute approximate surface area is 194 Å². The van der Waals surface area contributed by atoms with Crippen LogP contribution in [0.2, 0.25) is 0 Å². The van der Waals surface area contributed by atoms with E-state index < -0.39 is 0 Å². The summed E-state index contributed by atoms with van der Waals surface area (Å²) in [5.41, 5.74) is 3.69. The molecule has 3 aromatic carbocycles. The van der Waals surface area contributed by atoms with Gasteiger partial charge >= 0.3 is 0 Å². The molecule has 1 aliphatic heterocycles. The van der Waals surface area contributed by atoms with Crippen LogP contribution in [0.1, 0.15) is 49.2 Å². The molecule has 0 aliphatic carbocycles. The summed E-state index contributed by atoms with van der Waals surface area (Å²) in [5.74, 6) is 2.23. The van der Waals surface area contributed by atoms with Crippen LogP contribution in [0.4, 0.5) is 0 Å². The van der Waals surface area contributed by atoms with Crippen molar-refractivity contribution in [3.63, 3.8) is 0 Å². The van der Waals surface area contributed by atoms with Crippen molar-refractivity contribution in [2.24, 2.45) is 4.99 Å². The summed E-state index contributed by atoms with van der Waals surface area (Å²) in [5, 5.41) is 14.6. The molecule has 0 fully saturated rings. The molecule has 0 amide bonds. The molecule has 1 heterocycles. The van der Waals surface area contributed by atoms with Crippen LogP contribution < -0.4 is 19.5 Å². The summed E-state index contributed by atoms with van der Waals surface area (Å²) in [4.78, 5) is 5.06. The zero-order valence-electron chi connectivity index (χ0n) is 19.2. The van der Waals surface area contributed by atoms with Crippen LogP contribution in [-0.4, -0.2) is 31.1 Å². The average Bonchev–Trinajstić information content (AvgIpc) is 2.86. The number of aromatic hydroxyl groups is 1. The SMILES string of the molecule is CCOc1ccccc1[C@H]1N=C(c2ccc(OC)cc2)C[C@H](c2cccc(OCC)c2O)N1. The molecule has 2 atom stereocenters. The van der Waals surface area contributed by atoms with E-state index in [2.05, 4.69) is 5.32 Å². The Morgan fingerprint density at radius 1 is 0.879 bits per heavy atom. The highest BCUT2D eigenvalue weighted by Gasteiger charge is 2.30. The van der Waals surface area contributed by atoms with E-state index in [9.17, 15) is 5.11 Å². The smallest absolute Gasteiger partial charge is 0.162 e. The first-order chi connectivity index (χ1) is 16.1. The molecule has 0 aromatic heterocycles. The third-order valence-electron chi connectivity index (χ3n) is 5.68. The lowest BCUT2D eigenvalue weighted by atomic mass is 9.93. The van der Waals surface area contributed by atoms with Crippen molar-refractivity contribution in [1.82, 2.24) is 5.32 Å². The molecule has 0 unspecified atom stereocenters. The Bertz CT molecular complexity index is 1110. The summed E-state index contributed by atoms with van der Waals surface area (Å²) in [6.07, 6.45) is 0.279. The Kier molecular flexibility index (Phi) is 7.15. The number of nitrogens with one attached hydrogen (secondary N) is 1. The standard InChI is InChI=1S/C27H30N2O4/c1-4-32-24-11-7-6-9-21(24)27-28-22(18-13-15-19(31-3)16-14-18)17-23(29-27)20-10-8-12-25(26(20)30)33-5-2/h6-16,23,27,29-30H,4-5,17H2,1-3H3/t23-,27+/m1/s1. The number of phenolic OH excluding ortho intramolecular Hbond substituents is 1. The molecule has 0 saturated heterocycles. The van der Waals surface area contributed by atoms with Gasteiger partial charge < -0.3 is 19.3 Å². The summed E-state index contributed by atoms with van der Waals surface area (Å²) in [7, 11) is 1.65. The Morgan fingerprint density at radius 2 is 1.55 bits per heavy atom. The second kappa shape index (κ2) is 10.4. The van der Waals surface area contributed by atoms with Crippen molar-refractivity contribution in [3.8, 4) is 23.0 Å². The highest BCUT2D eigenvalue weighted by atomic mass is 16.5. The van der Waals surface area contributed by atoms with E-state index >= 15 is 0 Å². The lowest BCUT2D eigenvalue weighted by Gasteiger charge is -2.31. The molecule has 4 rings (SSSR count). The van der Waals surface area contributed by atoms with E-state index in [1.165, 1.54) is 0 Å². The predicted octanol–water partition coefficient (Wildman–Crippen LogP) is 5.42. The van der Waals surface area contributed by atoms with Gasteiger partial charge in [0.2, 0.25) is 0 Å². The van der Waals surface area contributed by atoms with Crippen molar-refractivity contribution >= 4 is 5.71 Å². The third kappa shape index (κ3) is 4.96. The van der Waals surface area contributed by atoms with Gasteiger partial charge in [-0.2, -0.15) is 0 Å². The van der Waals surface area contributed by atoms with Crippen LogP contribution in [0.15, 0.2) is 71.7 Å². The van der Waals surface area contributed by atoms with Crippen molar-refractivity contribution in [2.75, 3.05) is 20.3 Å². The highest BCUT2D eigenvalue weighted by Crippen LogP contribution is 2.40.